The monoisotopic (exact) mass is 466 g/mol. The van der Waals surface area contributed by atoms with Crippen molar-refractivity contribution < 1.29 is 25.9 Å². The van der Waals surface area contributed by atoms with E-state index in [4.69, 9.17) is 8.37 Å². The summed E-state index contributed by atoms with van der Waals surface area (Å²) < 4.78 is 53.3. The summed E-state index contributed by atoms with van der Waals surface area (Å²) in [5.74, 6) is -0.241. The second-order valence-corrected chi connectivity index (χ2v) is 9.91. The van der Waals surface area contributed by atoms with Crippen LogP contribution in [0.5, 0.6) is 0 Å². The first-order valence-corrected chi connectivity index (χ1v) is 12.3. The summed E-state index contributed by atoms with van der Waals surface area (Å²) in [4.78, 5) is 0. The van der Waals surface area contributed by atoms with E-state index >= 15 is 0 Å². The fraction of sp³-hybridized carbons (Fsp3) is 0.478. The van der Waals surface area contributed by atoms with Gasteiger partial charge in [-0.25, -0.2) is 0 Å². The zero-order valence-electron chi connectivity index (χ0n) is 18.7. The normalized spacial score (nSPS) is 22.1. The maximum absolute atomic E-state index is 11.6. The van der Waals surface area contributed by atoms with Crippen LogP contribution in [0.15, 0.2) is 24.3 Å². The number of benzene rings is 2. The van der Waals surface area contributed by atoms with E-state index in [2.05, 4.69) is 0 Å². The molecule has 0 heterocycles. The van der Waals surface area contributed by atoms with Crippen LogP contribution in [0.3, 0.4) is 0 Å². The third-order valence-electron chi connectivity index (χ3n) is 6.09. The summed E-state index contributed by atoms with van der Waals surface area (Å²) in [7, 11) is 0. The second-order valence-electron chi connectivity index (χ2n) is 8.66. The molecule has 0 bridgehead atoms. The van der Waals surface area contributed by atoms with E-state index in [-0.39, 0.29) is 11.8 Å². The number of hydrogen-bond acceptors (Lipinski definition) is 4. The minimum absolute atomic E-state index is 0.121. The van der Waals surface area contributed by atoms with E-state index in [1.54, 1.807) is 0 Å². The van der Waals surface area contributed by atoms with E-state index in [0.29, 0.717) is 6.42 Å². The molecule has 2 aromatic rings. The minimum atomic E-state index is -2.44. The summed E-state index contributed by atoms with van der Waals surface area (Å²) in [6.07, 6.45) is -0.565. The average Bonchev–Trinajstić information content (AvgIpc) is 3.38. The second kappa shape index (κ2) is 9.60. The minimum Gasteiger partial charge on any atom is -0.284 e. The van der Waals surface area contributed by atoms with Gasteiger partial charge < -0.3 is 0 Å². The highest BCUT2D eigenvalue weighted by Crippen LogP contribution is 2.57. The van der Waals surface area contributed by atoms with Crippen molar-refractivity contribution in [3.05, 3.63) is 68.8 Å². The van der Waals surface area contributed by atoms with Gasteiger partial charge in [-0.3, -0.25) is 17.5 Å². The summed E-state index contributed by atoms with van der Waals surface area (Å²) in [6, 6.07) is 8.12. The largest absolute Gasteiger partial charge is 0.302 e. The molecule has 1 aliphatic carbocycles. The summed E-state index contributed by atoms with van der Waals surface area (Å²) in [5.41, 5.74) is 7.96. The summed E-state index contributed by atoms with van der Waals surface area (Å²) in [6.45, 7) is 11.9. The molecular formula is C23H30O6S2. The van der Waals surface area contributed by atoms with Crippen molar-refractivity contribution in [2.24, 2.45) is 11.8 Å². The molecular weight excluding hydrogens is 436 g/mol. The van der Waals surface area contributed by atoms with E-state index in [0.717, 1.165) is 44.5 Å². The molecule has 0 radical (unpaired) electrons. The lowest BCUT2D eigenvalue weighted by atomic mass is 9.89. The fourth-order valence-electron chi connectivity index (χ4n) is 5.06. The molecule has 0 aromatic heterocycles. The SMILES string of the molecule is Cc1cc(C)c(C(OS(=O)O)C2CC2C(OS(=O)O)c2c(C)cc(C)cc2C)c(C)c1. The Labute approximate surface area is 189 Å². The Morgan fingerprint density at radius 1 is 0.710 bits per heavy atom. The maximum atomic E-state index is 11.6. The van der Waals surface area contributed by atoms with Crippen LogP contribution < -0.4 is 0 Å². The number of aryl methyl sites for hydroxylation is 6. The molecule has 6 unspecified atom stereocenters. The van der Waals surface area contributed by atoms with Gasteiger partial charge in [0.2, 0.25) is 0 Å². The number of rotatable bonds is 8. The molecule has 1 aliphatic rings. The Hall–Kier alpha value is -1.42. The molecule has 8 heteroatoms. The van der Waals surface area contributed by atoms with Gasteiger partial charge in [0.1, 0.15) is 12.2 Å². The Kier molecular flexibility index (Phi) is 7.50. The topological polar surface area (TPSA) is 93.1 Å². The molecule has 0 amide bonds. The van der Waals surface area contributed by atoms with Gasteiger partial charge in [-0.2, -0.15) is 8.42 Å². The Balaban J connectivity index is 2.01. The van der Waals surface area contributed by atoms with Gasteiger partial charge in [0.25, 0.3) is 0 Å². The maximum Gasteiger partial charge on any atom is 0.302 e. The third kappa shape index (κ3) is 5.50. The lowest BCUT2D eigenvalue weighted by molar-refractivity contribution is 0.135. The highest BCUT2D eigenvalue weighted by molar-refractivity contribution is 7.74. The van der Waals surface area contributed by atoms with Gasteiger partial charge in [-0.1, -0.05) is 35.4 Å². The van der Waals surface area contributed by atoms with Gasteiger partial charge >= 0.3 is 22.7 Å². The quantitative estimate of drug-likeness (QED) is 0.515. The molecule has 170 valence electrons. The molecule has 6 atom stereocenters. The molecule has 0 saturated heterocycles. The van der Waals surface area contributed by atoms with Crippen molar-refractivity contribution in [3.8, 4) is 0 Å². The van der Waals surface area contributed by atoms with E-state index in [1.807, 2.05) is 65.8 Å². The van der Waals surface area contributed by atoms with Crippen LogP contribution >= 0.6 is 0 Å². The van der Waals surface area contributed by atoms with Crippen LogP contribution in [0.4, 0.5) is 0 Å². The van der Waals surface area contributed by atoms with Gasteiger partial charge in [-0.05, 0) is 93.2 Å². The van der Waals surface area contributed by atoms with Gasteiger partial charge in [-0.15, -0.1) is 0 Å². The molecule has 2 N–H and O–H groups in total. The molecule has 2 aromatic carbocycles. The van der Waals surface area contributed by atoms with Crippen molar-refractivity contribution in [1.29, 1.82) is 0 Å². The van der Waals surface area contributed by atoms with Gasteiger partial charge in [0.15, 0.2) is 0 Å². The predicted octanol–water partition coefficient (Wildman–Crippen LogP) is 5.26. The Morgan fingerprint density at radius 2 is 1.00 bits per heavy atom. The molecule has 1 fully saturated rings. The van der Waals surface area contributed by atoms with Crippen LogP contribution in [-0.4, -0.2) is 17.5 Å². The van der Waals surface area contributed by atoms with E-state index in [1.165, 1.54) is 0 Å². The van der Waals surface area contributed by atoms with Crippen molar-refractivity contribution in [3.63, 3.8) is 0 Å². The smallest absolute Gasteiger partial charge is 0.284 e. The molecule has 31 heavy (non-hydrogen) atoms. The third-order valence-corrected chi connectivity index (χ3v) is 6.83. The molecule has 6 nitrogen and oxygen atoms in total. The van der Waals surface area contributed by atoms with Crippen molar-refractivity contribution in [2.75, 3.05) is 0 Å². The molecule has 0 aliphatic heterocycles. The predicted molar refractivity (Wildman–Crippen MR) is 122 cm³/mol. The lowest BCUT2D eigenvalue weighted by Gasteiger charge is -2.24. The summed E-state index contributed by atoms with van der Waals surface area (Å²) in [5, 5.41) is 0. The van der Waals surface area contributed by atoms with Crippen LogP contribution in [0.1, 0.15) is 63.1 Å². The van der Waals surface area contributed by atoms with Crippen LogP contribution in [0.2, 0.25) is 0 Å². The Morgan fingerprint density at radius 3 is 1.26 bits per heavy atom. The first-order valence-electron chi connectivity index (χ1n) is 10.2. The van der Waals surface area contributed by atoms with E-state index in [9.17, 15) is 17.5 Å². The van der Waals surface area contributed by atoms with Crippen LogP contribution in [0.25, 0.3) is 0 Å². The lowest BCUT2D eigenvalue weighted by Crippen LogP contribution is -2.17. The fourth-order valence-corrected chi connectivity index (χ4v) is 5.89. The first kappa shape index (κ1) is 24.2. The van der Waals surface area contributed by atoms with Gasteiger partial charge in [0.05, 0.1) is 0 Å². The Bertz CT molecular complexity index is 907. The highest BCUT2D eigenvalue weighted by atomic mass is 32.2. The van der Waals surface area contributed by atoms with Crippen LogP contribution in [0, 0.1) is 53.4 Å². The average molecular weight is 467 g/mol. The van der Waals surface area contributed by atoms with Crippen LogP contribution in [-0.2, 0) is 31.1 Å². The van der Waals surface area contributed by atoms with Crippen molar-refractivity contribution in [2.45, 2.75) is 60.2 Å². The first-order chi connectivity index (χ1) is 14.5. The molecule has 1 saturated carbocycles. The highest BCUT2D eigenvalue weighted by Gasteiger charge is 2.52. The van der Waals surface area contributed by atoms with Gasteiger partial charge in [0, 0.05) is 0 Å². The molecule has 3 rings (SSSR count). The van der Waals surface area contributed by atoms with Crippen molar-refractivity contribution >= 4 is 22.7 Å². The van der Waals surface area contributed by atoms with Crippen molar-refractivity contribution in [1.82, 2.24) is 0 Å². The standard InChI is InChI=1S/C23H30O6S2/c1-12-7-14(3)20(15(4)8-12)22(28-30(24)25)18-11-19(18)23(29-31(26)27)21-16(5)9-13(2)10-17(21)6/h7-10,18-19,22-23H,11H2,1-6H3,(H,24,25)(H,26,27). The number of hydrogen-bond donors (Lipinski definition) is 2. The zero-order chi connectivity index (χ0) is 23.0. The van der Waals surface area contributed by atoms with E-state index < -0.39 is 34.9 Å². The molecule has 0 spiro atoms. The zero-order valence-corrected chi connectivity index (χ0v) is 20.3. The summed E-state index contributed by atoms with van der Waals surface area (Å²) >= 11 is -4.89.